The van der Waals surface area contributed by atoms with Crippen molar-refractivity contribution in [1.29, 1.82) is 0 Å². The van der Waals surface area contributed by atoms with E-state index in [1.54, 1.807) is 11.3 Å². The Kier molecular flexibility index (Phi) is 6.13. The molecule has 0 bridgehead atoms. The van der Waals surface area contributed by atoms with Crippen LogP contribution in [-0.2, 0) is 11.2 Å². The van der Waals surface area contributed by atoms with Crippen molar-refractivity contribution in [2.24, 2.45) is 0 Å². The van der Waals surface area contributed by atoms with E-state index in [1.165, 1.54) is 23.3 Å². The molecule has 0 saturated carbocycles. The highest BCUT2D eigenvalue weighted by Gasteiger charge is 2.22. The second-order valence-corrected chi connectivity index (χ2v) is 9.09. The van der Waals surface area contributed by atoms with Gasteiger partial charge in [-0.2, -0.15) is 0 Å². The maximum absolute atomic E-state index is 15.2. The lowest BCUT2D eigenvalue weighted by molar-refractivity contribution is -0.00111. The summed E-state index contributed by atoms with van der Waals surface area (Å²) in [6.45, 7) is 5.18. The average Bonchev–Trinajstić information content (AvgIpc) is 3.13. The molecule has 1 saturated heterocycles. The van der Waals surface area contributed by atoms with Gasteiger partial charge in [0, 0.05) is 16.4 Å². The number of rotatable bonds is 6. The fraction of sp³-hybridized carbons (Fsp3) is 0.440. The van der Waals surface area contributed by atoms with Gasteiger partial charge in [0.2, 0.25) is 0 Å². The summed E-state index contributed by atoms with van der Waals surface area (Å²) in [7, 11) is 0. The minimum absolute atomic E-state index is 0.0824. The van der Waals surface area contributed by atoms with Crippen molar-refractivity contribution in [3.05, 3.63) is 58.7 Å². The molecule has 1 fully saturated rings. The fourth-order valence-electron chi connectivity index (χ4n) is 4.27. The Morgan fingerprint density at radius 3 is 2.54 bits per heavy atom. The summed E-state index contributed by atoms with van der Waals surface area (Å²) in [5.41, 5.74) is 2.96. The monoisotopic (exact) mass is 396 g/mol. The Labute approximate surface area is 171 Å². The number of ether oxygens (including phenoxy) is 1. The topological polar surface area (TPSA) is 9.23 Å². The van der Waals surface area contributed by atoms with Crippen molar-refractivity contribution in [3.8, 4) is 11.1 Å². The second-order valence-electron chi connectivity index (χ2n) is 7.95. The number of benzene rings is 2. The number of aryl methyl sites for hydroxylation is 1. The number of hydrogen-bond acceptors (Lipinski definition) is 2. The highest BCUT2D eigenvalue weighted by molar-refractivity contribution is 7.19. The van der Waals surface area contributed by atoms with Crippen LogP contribution in [0.1, 0.15) is 62.3 Å². The Bertz CT molecular complexity index is 920. The van der Waals surface area contributed by atoms with Gasteiger partial charge < -0.3 is 4.74 Å². The summed E-state index contributed by atoms with van der Waals surface area (Å²) in [6.07, 6.45) is 7.21. The molecule has 0 spiro atoms. The van der Waals surface area contributed by atoms with E-state index in [1.807, 2.05) is 6.07 Å². The summed E-state index contributed by atoms with van der Waals surface area (Å²) >= 11 is 1.60. The largest absolute Gasteiger partial charge is 0.378 e. The average molecular weight is 397 g/mol. The SMILES string of the molecule is CCCc1cc2ccc(-c3ccc(C4CCC(CCC)OC4)cc3)c(F)c2s1. The van der Waals surface area contributed by atoms with Crippen molar-refractivity contribution < 1.29 is 9.13 Å². The molecule has 0 aliphatic carbocycles. The van der Waals surface area contributed by atoms with Gasteiger partial charge in [-0.1, -0.05) is 63.1 Å². The molecule has 3 aromatic rings. The van der Waals surface area contributed by atoms with Gasteiger partial charge in [-0.15, -0.1) is 11.3 Å². The van der Waals surface area contributed by atoms with Crippen molar-refractivity contribution in [2.45, 2.75) is 64.4 Å². The zero-order chi connectivity index (χ0) is 19.5. The first-order chi connectivity index (χ1) is 13.7. The van der Waals surface area contributed by atoms with Gasteiger partial charge in [0.05, 0.1) is 17.4 Å². The molecular weight excluding hydrogens is 367 g/mol. The van der Waals surface area contributed by atoms with Crippen molar-refractivity contribution in [3.63, 3.8) is 0 Å². The number of hydrogen-bond donors (Lipinski definition) is 0. The predicted molar refractivity (Wildman–Crippen MR) is 118 cm³/mol. The van der Waals surface area contributed by atoms with Gasteiger partial charge in [0.1, 0.15) is 5.82 Å². The van der Waals surface area contributed by atoms with E-state index >= 15 is 4.39 Å². The summed E-state index contributed by atoms with van der Waals surface area (Å²) < 4.78 is 22.0. The lowest BCUT2D eigenvalue weighted by atomic mass is 9.89. The van der Waals surface area contributed by atoms with Crippen molar-refractivity contribution in [1.82, 2.24) is 0 Å². The molecule has 3 heteroatoms. The van der Waals surface area contributed by atoms with E-state index < -0.39 is 0 Å². The molecule has 28 heavy (non-hydrogen) atoms. The molecule has 2 aromatic carbocycles. The van der Waals surface area contributed by atoms with E-state index in [2.05, 4.69) is 50.2 Å². The first-order valence-corrected chi connectivity index (χ1v) is 11.4. The number of fused-ring (bicyclic) bond motifs is 1. The third-order valence-corrected chi connectivity index (χ3v) is 7.05. The lowest BCUT2D eigenvalue weighted by Gasteiger charge is -2.29. The second kappa shape index (κ2) is 8.75. The highest BCUT2D eigenvalue weighted by atomic mass is 32.1. The number of thiophene rings is 1. The van der Waals surface area contributed by atoms with E-state index in [-0.39, 0.29) is 5.82 Å². The molecule has 0 N–H and O–H groups in total. The lowest BCUT2D eigenvalue weighted by Crippen LogP contribution is -2.24. The molecule has 4 rings (SSSR count). The molecule has 1 aliphatic heterocycles. The molecule has 0 radical (unpaired) electrons. The minimum Gasteiger partial charge on any atom is -0.378 e. The molecule has 2 unspecified atom stereocenters. The van der Waals surface area contributed by atoms with Gasteiger partial charge in [-0.3, -0.25) is 0 Å². The zero-order valence-corrected chi connectivity index (χ0v) is 17.7. The van der Waals surface area contributed by atoms with Crippen LogP contribution in [0.3, 0.4) is 0 Å². The van der Waals surface area contributed by atoms with Gasteiger partial charge in [0.25, 0.3) is 0 Å². The zero-order valence-electron chi connectivity index (χ0n) is 16.8. The third-order valence-electron chi connectivity index (χ3n) is 5.85. The highest BCUT2D eigenvalue weighted by Crippen LogP contribution is 2.36. The van der Waals surface area contributed by atoms with Crippen LogP contribution in [0.4, 0.5) is 4.39 Å². The van der Waals surface area contributed by atoms with Gasteiger partial charge in [-0.05, 0) is 48.3 Å². The van der Waals surface area contributed by atoms with Crippen LogP contribution >= 0.6 is 11.3 Å². The van der Waals surface area contributed by atoms with Crippen molar-refractivity contribution in [2.75, 3.05) is 6.61 Å². The smallest absolute Gasteiger partial charge is 0.148 e. The van der Waals surface area contributed by atoms with E-state index in [0.717, 1.165) is 47.9 Å². The Balaban J connectivity index is 1.53. The summed E-state index contributed by atoms with van der Waals surface area (Å²) in [6, 6.07) is 14.6. The standard InChI is InChI=1S/C25H29FOS/c1-3-5-21-13-11-20(16-27-21)17-7-9-18(10-8-17)23-14-12-19-15-22(6-4-2)28-25(19)24(23)26/h7-10,12,14-15,20-21H,3-6,11,13,16H2,1-2H3. The first-order valence-electron chi connectivity index (χ1n) is 10.6. The van der Waals surface area contributed by atoms with Gasteiger partial charge in [0.15, 0.2) is 0 Å². The normalized spacial score (nSPS) is 20.0. The molecule has 148 valence electrons. The van der Waals surface area contributed by atoms with E-state index in [9.17, 15) is 0 Å². The third kappa shape index (κ3) is 4.01. The predicted octanol–water partition coefficient (Wildman–Crippen LogP) is 7.72. The van der Waals surface area contributed by atoms with E-state index in [0.29, 0.717) is 17.6 Å². The van der Waals surface area contributed by atoms with Gasteiger partial charge >= 0.3 is 0 Å². The number of halogens is 1. The molecular formula is C25H29FOS. The quantitative estimate of drug-likeness (QED) is 0.414. The molecule has 0 amide bonds. The molecule has 1 nitrogen and oxygen atoms in total. The Hall–Kier alpha value is -1.71. The summed E-state index contributed by atoms with van der Waals surface area (Å²) in [4.78, 5) is 1.27. The van der Waals surface area contributed by atoms with Crippen LogP contribution in [0.25, 0.3) is 21.2 Å². The van der Waals surface area contributed by atoms with Crippen LogP contribution in [0.2, 0.25) is 0 Å². The van der Waals surface area contributed by atoms with Crippen LogP contribution in [-0.4, -0.2) is 12.7 Å². The Morgan fingerprint density at radius 1 is 1.04 bits per heavy atom. The molecule has 2 atom stereocenters. The first kappa shape index (κ1) is 19.6. The summed E-state index contributed by atoms with van der Waals surface area (Å²) in [5.74, 6) is 0.379. The molecule has 1 aliphatic rings. The van der Waals surface area contributed by atoms with Gasteiger partial charge in [-0.25, -0.2) is 4.39 Å². The van der Waals surface area contributed by atoms with Crippen LogP contribution in [0, 0.1) is 5.82 Å². The molecule has 2 heterocycles. The minimum atomic E-state index is -0.0824. The molecule has 1 aromatic heterocycles. The summed E-state index contributed by atoms with van der Waals surface area (Å²) in [5, 5.41) is 1.02. The maximum atomic E-state index is 15.2. The van der Waals surface area contributed by atoms with Crippen LogP contribution in [0.15, 0.2) is 42.5 Å². The fourth-order valence-corrected chi connectivity index (χ4v) is 5.47. The van der Waals surface area contributed by atoms with E-state index in [4.69, 9.17) is 4.74 Å². The maximum Gasteiger partial charge on any atom is 0.148 e. The Morgan fingerprint density at radius 2 is 1.86 bits per heavy atom. The van der Waals surface area contributed by atoms with Crippen LogP contribution in [0.5, 0.6) is 0 Å². The van der Waals surface area contributed by atoms with Crippen LogP contribution < -0.4 is 0 Å². The van der Waals surface area contributed by atoms with Crippen molar-refractivity contribution >= 4 is 21.4 Å².